The monoisotopic (exact) mass is 305 g/mol. The Balaban J connectivity index is 1.64. The molecule has 5 heteroatoms. The number of thiazole rings is 1. The van der Waals surface area contributed by atoms with E-state index in [0.29, 0.717) is 11.2 Å². The molecular weight excluding hydrogens is 286 g/mol. The molecule has 0 amide bonds. The molecular formula is C15H19N3S2. The van der Waals surface area contributed by atoms with E-state index in [2.05, 4.69) is 40.7 Å². The van der Waals surface area contributed by atoms with Gasteiger partial charge in [-0.1, -0.05) is 36.7 Å². The Bertz CT molecular complexity index is 615. The third-order valence-electron chi connectivity index (χ3n) is 3.70. The number of nitrogens with zero attached hydrogens (tertiary/aromatic N) is 1. The van der Waals surface area contributed by atoms with Crippen LogP contribution in [0.4, 0.5) is 5.13 Å². The predicted octanol–water partition coefficient (Wildman–Crippen LogP) is 4.22. The van der Waals surface area contributed by atoms with E-state index >= 15 is 0 Å². The van der Waals surface area contributed by atoms with Gasteiger partial charge in [0, 0.05) is 6.04 Å². The molecule has 1 aromatic heterocycles. The van der Waals surface area contributed by atoms with Crippen molar-refractivity contribution in [3.8, 4) is 0 Å². The molecule has 3 rings (SSSR count). The summed E-state index contributed by atoms with van der Waals surface area (Å²) in [5, 5.41) is 8.21. The van der Waals surface area contributed by atoms with Crippen molar-refractivity contribution in [2.75, 3.05) is 5.32 Å². The fraction of sp³-hybridized carbons (Fsp3) is 0.467. The average Bonchev–Trinajstić information content (AvgIpc) is 2.80. The van der Waals surface area contributed by atoms with Gasteiger partial charge in [-0.3, -0.25) is 0 Å². The first-order valence-corrected chi connectivity index (χ1v) is 8.38. The van der Waals surface area contributed by atoms with Crippen LogP contribution in [0.2, 0.25) is 0 Å². The maximum atomic E-state index is 5.39. The summed E-state index contributed by atoms with van der Waals surface area (Å²) in [5.74, 6) is 0. The summed E-state index contributed by atoms with van der Waals surface area (Å²) in [5.41, 5.74) is 2.29. The lowest BCUT2D eigenvalue weighted by molar-refractivity contribution is 0.415. The van der Waals surface area contributed by atoms with Crippen molar-refractivity contribution in [1.82, 2.24) is 10.3 Å². The highest BCUT2D eigenvalue weighted by atomic mass is 32.1. The zero-order valence-electron chi connectivity index (χ0n) is 11.6. The molecule has 0 saturated heterocycles. The normalized spacial score (nSPS) is 16.2. The number of aryl methyl sites for hydroxylation is 1. The lowest BCUT2D eigenvalue weighted by atomic mass is 9.96. The van der Waals surface area contributed by atoms with Gasteiger partial charge in [-0.2, -0.15) is 0 Å². The molecule has 106 valence electrons. The molecule has 0 aliphatic heterocycles. The molecule has 20 heavy (non-hydrogen) atoms. The third kappa shape index (κ3) is 3.27. The van der Waals surface area contributed by atoms with Crippen LogP contribution in [-0.2, 0) is 0 Å². The minimum absolute atomic E-state index is 0.528. The second kappa shape index (κ2) is 6.06. The third-order valence-corrected chi connectivity index (χ3v) is 4.86. The van der Waals surface area contributed by atoms with E-state index in [0.717, 1.165) is 10.6 Å². The minimum atomic E-state index is 0.528. The number of thiocarbonyl (C=S) groups is 1. The van der Waals surface area contributed by atoms with Crippen LogP contribution in [0.5, 0.6) is 0 Å². The second-order valence-corrected chi connectivity index (χ2v) is 6.86. The number of anilines is 1. The molecule has 1 aliphatic rings. The van der Waals surface area contributed by atoms with Gasteiger partial charge in [-0.15, -0.1) is 0 Å². The number of benzene rings is 1. The van der Waals surface area contributed by atoms with Crippen LogP contribution in [0, 0.1) is 6.92 Å². The molecule has 2 aromatic rings. The van der Waals surface area contributed by atoms with E-state index in [1.807, 2.05) is 0 Å². The van der Waals surface area contributed by atoms with Crippen molar-refractivity contribution < 1.29 is 0 Å². The van der Waals surface area contributed by atoms with Gasteiger partial charge in [-0.05, 0) is 49.7 Å². The second-order valence-electron chi connectivity index (χ2n) is 5.42. The summed E-state index contributed by atoms with van der Waals surface area (Å²) in [6.45, 7) is 2.10. The molecule has 1 fully saturated rings. The quantitative estimate of drug-likeness (QED) is 0.814. The van der Waals surface area contributed by atoms with Gasteiger partial charge in [0.25, 0.3) is 0 Å². The van der Waals surface area contributed by atoms with Crippen molar-refractivity contribution in [3.05, 3.63) is 23.8 Å². The van der Waals surface area contributed by atoms with E-state index in [4.69, 9.17) is 12.2 Å². The largest absolute Gasteiger partial charge is 0.360 e. The lowest BCUT2D eigenvalue weighted by Gasteiger charge is -2.23. The Morgan fingerprint density at radius 3 is 2.90 bits per heavy atom. The summed E-state index contributed by atoms with van der Waals surface area (Å²) in [4.78, 5) is 4.57. The van der Waals surface area contributed by atoms with E-state index in [1.165, 1.54) is 42.4 Å². The predicted molar refractivity (Wildman–Crippen MR) is 90.6 cm³/mol. The molecule has 0 radical (unpaired) electrons. The summed E-state index contributed by atoms with van der Waals surface area (Å²) >= 11 is 7.04. The Morgan fingerprint density at radius 2 is 2.10 bits per heavy atom. The standard InChI is InChI=1S/C15H19N3S2/c1-10-7-8-12-13(9-10)20-15(17-12)18-14(19)16-11-5-3-2-4-6-11/h7-9,11H,2-6H2,1H3,(H2,16,17,18,19). The maximum absolute atomic E-state index is 5.39. The van der Waals surface area contributed by atoms with Gasteiger partial charge in [0.15, 0.2) is 10.2 Å². The van der Waals surface area contributed by atoms with Gasteiger partial charge in [0.2, 0.25) is 0 Å². The fourth-order valence-electron chi connectivity index (χ4n) is 2.65. The van der Waals surface area contributed by atoms with E-state index in [-0.39, 0.29) is 0 Å². The molecule has 1 heterocycles. The summed E-state index contributed by atoms with van der Waals surface area (Å²) in [6, 6.07) is 6.84. The number of hydrogen-bond donors (Lipinski definition) is 2. The minimum Gasteiger partial charge on any atom is -0.360 e. The molecule has 0 atom stereocenters. The van der Waals surface area contributed by atoms with Crippen LogP contribution in [0.15, 0.2) is 18.2 Å². The number of hydrogen-bond acceptors (Lipinski definition) is 3. The molecule has 1 aromatic carbocycles. The Hall–Kier alpha value is -1.20. The van der Waals surface area contributed by atoms with Crippen molar-refractivity contribution >= 4 is 44.0 Å². The van der Waals surface area contributed by atoms with Crippen molar-refractivity contribution in [1.29, 1.82) is 0 Å². The Labute approximate surface area is 128 Å². The van der Waals surface area contributed by atoms with E-state index in [9.17, 15) is 0 Å². The SMILES string of the molecule is Cc1ccc2nc(NC(=S)NC3CCCCC3)sc2c1. The van der Waals surface area contributed by atoms with Gasteiger partial charge < -0.3 is 10.6 Å². The summed E-state index contributed by atoms with van der Waals surface area (Å²) in [6.07, 6.45) is 6.42. The number of nitrogens with one attached hydrogen (secondary N) is 2. The molecule has 1 aliphatic carbocycles. The molecule has 0 spiro atoms. The number of fused-ring (bicyclic) bond motifs is 1. The molecule has 1 saturated carbocycles. The van der Waals surface area contributed by atoms with Crippen LogP contribution in [0.25, 0.3) is 10.2 Å². The topological polar surface area (TPSA) is 37.0 Å². The first kappa shape index (κ1) is 13.8. The van der Waals surface area contributed by atoms with Crippen LogP contribution >= 0.6 is 23.6 Å². The van der Waals surface area contributed by atoms with Gasteiger partial charge in [0.05, 0.1) is 10.2 Å². The summed E-state index contributed by atoms with van der Waals surface area (Å²) in [7, 11) is 0. The number of rotatable bonds is 2. The number of aromatic nitrogens is 1. The lowest BCUT2D eigenvalue weighted by Crippen LogP contribution is -2.38. The highest BCUT2D eigenvalue weighted by Gasteiger charge is 2.14. The smallest absolute Gasteiger partial charge is 0.190 e. The molecule has 0 bridgehead atoms. The zero-order valence-corrected chi connectivity index (χ0v) is 13.2. The van der Waals surface area contributed by atoms with Crippen LogP contribution in [-0.4, -0.2) is 16.1 Å². The Kier molecular flexibility index (Phi) is 4.17. The van der Waals surface area contributed by atoms with Gasteiger partial charge >= 0.3 is 0 Å². The van der Waals surface area contributed by atoms with Crippen molar-refractivity contribution in [2.24, 2.45) is 0 Å². The Morgan fingerprint density at radius 1 is 1.30 bits per heavy atom. The zero-order chi connectivity index (χ0) is 13.9. The van der Waals surface area contributed by atoms with Gasteiger partial charge in [-0.25, -0.2) is 4.98 Å². The first-order valence-electron chi connectivity index (χ1n) is 7.15. The summed E-state index contributed by atoms with van der Waals surface area (Å²) < 4.78 is 1.20. The van der Waals surface area contributed by atoms with Crippen LogP contribution < -0.4 is 10.6 Å². The van der Waals surface area contributed by atoms with Gasteiger partial charge in [0.1, 0.15) is 0 Å². The van der Waals surface area contributed by atoms with Crippen LogP contribution in [0.3, 0.4) is 0 Å². The molecule has 0 unspecified atom stereocenters. The van der Waals surface area contributed by atoms with Crippen molar-refractivity contribution in [2.45, 2.75) is 45.1 Å². The maximum Gasteiger partial charge on any atom is 0.190 e. The highest BCUT2D eigenvalue weighted by Crippen LogP contribution is 2.26. The highest BCUT2D eigenvalue weighted by molar-refractivity contribution is 7.80. The van der Waals surface area contributed by atoms with Crippen LogP contribution in [0.1, 0.15) is 37.7 Å². The van der Waals surface area contributed by atoms with E-state index < -0.39 is 0 Å². The first-order chi connectivity index (χ1) is 9.70. The fourth-order valence-corrected chi connectivity index (χ4v) is 3.95. The van der Waals surface area contributed by atoms with Crippen molar-refractivity contribution in [3.63, 3.8) is 0 Å². The van der Waals surface area contributed by atoms with E-state index in [1.54, 1.807) is 11.3 Å². The molecule has 2 N–H and O–H groups in total. The molecule has 3 nitrogen and oxygen atoms in total. The average molecular weight is 305 g/mol.